The Morgan fingerprint density at radius 1 is 1.44 bits per heavy atom. The van der Waals surface area contributed by atoms with Crippen molar-refractivity contribution in [2.45, 2.75) is 26.8 Å². The lowest BCUT2D eigenvalue weighted by Crippen LogP contribution is -2.34. The van der Waals surface area contributed by atoms with Crippen LogP contribution in [0.3, 0.4) is 0 Å². The Kier molecular flexibility index (Phi) is 4.91. The fourth-order valence-electron chi connectivity index (χ4n) is 1.22. The molecule has 2 N–H and O–H groups in total. The van der Waals surface area contributed by atoms with E-state index in [2.05, 4.69) is 20.8 Å². The Bertz CT molecular complexity index is 347. The van der Waals surface area contributed by atoms with Crippen LogP contribution >= 0.6 is 0 Å². The zero-order valence-electron chi connectivity index (χ0n) is 10.1. The van der Waals surface area contributed by atoms with Crippen LogP contribution in [0.5, 0.6) is 0 Å². The largest absolute Gasteiger partial charge is 0.355 e. The molecule has 0 spiro atoms. The molecule has 0 bridgehead atoms. The predicted octanol–water partition coefficient (Wildman–Crippen LogP) is -0.261. The van der Waals surface area contributed by atoms with Gasteiger partial charge in [-0.3, -0.25) is 4.79 Å². The smallest absolute Gasteiger partial charge is 0.233 e. The summed E-state index contributed by atoms with van der Waals surface area (Å²) in [5.74, 6) is 1.72. The average molecular weight is 225 g/mol. The lowest BCUT2D eigenvalue weighted by Gasteiger charge is -2.05. The van der Waals surface area contributed by atoms with Crippen LogP contribution in [0, 0.1) is 6.92 Å². The van der Waals surface area contributed by atoms with Crippen molar-refractivity contribution < 1.29 is 4.79 Å². The van der Waals surface area contributed by atoms with Gasteiger partial charge in [-0.25, -0.2) is 0 Å². The topological polar surface area (TPSA) is 71.8 Å². The molecule has 1 aromatic rings. The summed E-state index contributed by atoms with van der Waals surface area (Å²) in [6, 6.07) is 0. The molecular weight excluding hydrogens is 206 g/mol. The number of carbonyl (C=O) groups excluding carboxylic acids is 1. The molecule has 0 aliphatic carbocycles. The highest BCUT2D eigenvalue weighted by molar-refractivity contribution is 5.77. The Balaban J connectivity index is 2.25. The Hall–Kier alpha value is -1.43. The number of nitrogens with one attached hydrogen (secondary N) is 2. The van der Waals surface area contributed by atoms with E-state index < -0.39 is 0 Å². The van der Waals surface area contributed by atoms with E-state index >= 15 is 0 Å². The van der Waals surface area contributed by atoms with E-state index in [1.165, 1.54) is 0 Å². The Labute approximate surface area is 95.4 Å². The molecule has 1 aromatic heterocycles. The molecule has 0 saturated carbocycles. The van der Waals surface area contributed by atoms with Crippen LogP contribution in [0.2, 0.25) is 0 Å². The van der Waals surface area contributed by atoms with Gasteiger partial charge in [0.25, 0.3) is 0 Å². The second-order valence-electron chi connectivity index (χ2n) is 3.68. The van der Waals surface area contributed by atoms with Crippen molar-refractivity contribution >= 4 is 5.91 Å². The van der Waals surface area contributed by atoms with E-state index in [4.69, 9.17) is 0 Å². The van der Waals surface area contributed by atoms with Crippen LogP contribution < -0.4 is 10.6 Å². The first-order chi connectivity index (χ1) is 7.65. The summed E-state index contributed by atoms with van der Waals surface area (Å²) in [6.45, 7) is 5.51. The van der Waals surface area contributed by atoms with Crippen LogP contribution in [0.4, 0.5) is 0 Å². The maximum atomic E-state index is 11.3. The Morgan fingerprint density at radius 2 is 2.19 bits per heavy atom. The molecule has 0 aliphatic rings. The van der Waals surface area contributed by atoms with Crippen molar-refractivity contribution in [3.05, 3.63) is 11.6 Å². The molecule has 6 nitrogen and oxygen atoms in total. The first-order valence-corrected chi connectivity index (χ1v) is 5.47. The monoisotopic (exact) mass is 225 g/mol. The van der Waals surface area contributed by atoms with Crippen LogP contribution in [0.1, 0.15) is 25.0 Å². The van der Waals surface area contributed by atoms with E-state index in [0.717, 1.165) is 24.6 Å². The number of hydrogen-bond acceptors (Lipinski definition) is 4. The third-order valence-electron chi connectivity index (χ3n) is 2.32. The second kappa shape index (κ2) is 6.22. The molecule has 1 heterocycles. The van der Waals surface area contributed by atoms with E-state index in [1.54, 1.807) is 0 Å². The average Bonchev–Trinajstić information content (AvgIpc) is 2.58. The molecule has 0 saturated heterocycles. The molecule has 1 amide bonds. The minimum Gasteiger partial charge on any atom is -0.355 e. The van der Waals surface area contributed by atoms with Gasteiger partial charge < -0.3 is 15.2 Å². The predicted molar refractivity (Wildman–Crippen MR) is 60.7 cm³/mol. The highest BCUT2D eigenvalue weighted by Gasteiger charge is 2.05. The zero-order valence-corrected chi connectivity index (χ0v) is 10.1. The van der Waals surface area contributed by atoms with Crippen LogP contribution in [0.25, 0.3) is 0 Å². The van der Waals surface area contributed by atoms with Gasteiger partial charge in [0.2, 0.25) is 5.91 Å². The minimum absolute atomic E-state index is 0.0146. The molecule has 90 valence electrons. The molecule has 0 aliphatic heterocycles. The lowest BCUT2D eigenvalue weighted by molar-refractivity contribution is -0.120. The first-order valence-electron chi connectivity index (χ1n) is 5.47. The summed E-state index contributed by atoms with van der Waals surface area (Å²) >= 11 is 0. The summed E-state index contributed by atoms with van der Waals surface area (Å²) in [6.07, 6.45) is 0.953. The van der Waals surface area contributed by atoms with Crippen molar-refractivity contribution in [3.8, 4) is 0 Å². The van der Waals surface area contributed by atoms with E-state index in [-0.39, 0.29) is 5.91 Å². The number of carbonyl (C=O) groups is 1. The second-order valence-corrected chi connectivity index (χ2v) is 3.68. The number of aryl methyl sites for hydroxylation is 1. The van der Waals surface area contributed by atoms with Gasteiger partial charge >= 0.3 is 0 Å². The third-order valence-corrected chi connectivity index (χ3v) is 2.32. The summed E-state index contributed by atoms with van der Waals surface area (Å²) in [5.41, 5.74) is 0. The van der Waals surface area contributed by atoms with Crippen molar-refractivity contribution in [3.63, 3.8) is 0 Å². The maximum absolute atomic E-state index is 11.3. The van der Waals surface area contributed by atoms with Crippen molar-refractivity contribution in [1.82, 2.24) is 25.4 Å². The molecule has 0 aromatic carbocycles. The molecule has 1 rings (SSSR count). The first kappa shape index (κ1) is 12.6. The van der Waals surface area contributed by atoms with E-state index in [1.807, 2.05) is 25.5 Å². The number of amides is 1. The minimum atomic E-state index is 0.0146. The molecule has 0 radical (unpaired) electrons. The molecule has 16 heavy (non-hydrogen) atoms. The van der Waals surface area contributed by atoms with Gasteiger partial charge in [0, 0.05) is 13.6 Å². The zero-order chi connectivity index (χ0) is 12.0. The summed E-state index contributed by atoms with van der Waals surface area (Å²) in [4.78, 5) is 11.3. The molecule has 0 unspecified atom stereocenters. The Morgan fingerprint density at radius 3 is 2.75 bits per heavy atom. The van der Waals surface area contributed by atoms with Gasteiger partial charge in [0.05, 0.1) is 13.1 Å². The van der Waals surface area contributed by atoms with E-state index in [9.17, 15) is 4.79 Å². The fourth-order valence-corrected chi connectivity index (χ4v) is 1.22. The van der Waals surface area contributed by atoms with Gasteiger partial charge in [0.1, 0.15) is 11.6 Å². The van der Waals surface area contributed by atoms with Gasteiger partial charge in [-0.05, 0) is 13.3 Å². The van der Waals surface area contributed by atoms with Gasteiger partial charge in [0.15, 0.2) is 0 Å². The van der Waals surface area contributed by atoms with Crippen LogP contribution in [0.15, 0.2) is 0 Å². The van der Waals surface area contributed by atoms with Gasteiger partial charge in [-0.2, -0.15) is 0 Å². The van der Waals surface area contributed by atoms with Crippen molar-refractivity contribution in [1.29, 1.82) is 0 Å². The van der Waals surface area contributed by atoms with Gasteiger partial charge in [-0.15, -0.1) is 10.2 Å². The lowest BCUT2D eigenvalue weighted by atomic mass is 10.4. The molecular formula is C10H19N5O. The number of hydrogen-bond donors (Lipinski definition) is 2. The summed E-state index contributed by atoms with van der Waals surface area (Å²) < 4.78 is 1.90. The highest BCUT2D eigenvalue weighted by atomic mass is 16.1. The number of aromatic nitrogens is 3. The molecule has 6 heteroatoms. The molecule has 0 atom stereocenters. The maximum Gasteiger partial charge on any atom is 0.233 e. The quantitative estimate of drug-likeness (QED) is 0.699. The summed E-state index contributed by atoms with van der Waals surface area (Å²) in [5, 5.41) is 13.8. The highest BCUT2D eigenvalue weighted by Crippen LogP contribution is 1.95. The van der Waals surface area contributed by atoms with Crippen molar-refractivity contribution in [2.75, 3.05) is 13.1 Å². The van der Waals surface area contributed by atoms with E-state index in [0.29, 0.717) is 13.1 Å². The SMILES string of the molecule is CCCNC(=O)CNCc1nnc(C)n1C. The number of nitrogens with zero attached hydrogens (tertiary/aromatic N) is 3. The third kappa shape index (κ3) is 3.62. The number of rotatable bonds is 6. The van der Waals surface area contributed by atoms with Crippen molar-refractivity contribution in [2.24, 2.45) is 7.05 Å². The normalized spacial score (nSPS) is 10.4. The van der Waals surface area contributed by atoms with Crippen LogP contribution in [-0.2, 0) is 18.4 Å². The standard InChI is InChI=1S/C10H19N5O/c1-4-5-12-10(16)7-11-6-9-14-13-8(2)15(9)3/h11H,4-7H2,1-3H3,(H,12,16). The summed E-state index contributed by atoms with van der Waals surface area (Å²) in [7, 11) is 1.91. The van der Waals surface area contributed by atoms with Crippen LogP contribution in [-0.4, -0.2) is 33.8 Å². The van der Waals surface area contributed by atoms with Gasteiger partial charge in [-0.1, -0.05) is 6.92 Å². The molecule has 0 fully saturated rings. The fraction of sp³-hybridized carbons (Fsp3) is 0.700.